The SMILES string of the molecule is Cc1cc([N+](=O)[O-])c(C)c2c1N1Cc3c(C)c([N+](=O)[O-])cc(C)c3N(C2)C1. The molecule has 0 N–H and O–H groups in total. The van der Waals surface area contributed by atoms with Gasteiger partial charge < -0.3 is 9.80 Å². The molecule has 0 aromatic heterocycles. The monoisotopic (exact) mass is 368 g/mol. The highest BCUT2D eigenvalue weighted by Crippen LogP contribution is 2.46. The second-order valence-corrected chi connectivity index (χ2v) is 7.38. The molecule has 8 nitrogen and oxygen atoms in total. The molecular weight excluding hydrogens is 348 g/mol. The summed E-state index contributed by atoms with van der Waals surface area (Å²) in [7, 11) is 0. The Hall–Kier alpha value is -3.16. The van der Waals surface area contributed by atoms with Gasteiger partial charge in [0.15, 0.2) is 0 Å². The average Bonchev–Trinajstić information content (AvgIpc) is 2.59. The van der Waals surface area contributed by atoms with E-state index in [9.17, 15) is 20.2 Å². The van der Waals surface area contributed by atoms with E-state index < -0.39 is 0 Å². The van der Waals surface area contributed by atoms with Crippen LogP contribution in [-0.4, -0.2) is 16.5 Å². The molecule has 0 unspecified atom stereocenters. The van der Waals surface area contributed by atoms with Crippen LogP contribution < -0.4 is 9.80 Å². The first-order chi connectivity index (χ1) is 12.7. The minimum atomic E-state index is -0.329. The smallest absolute Gasteiger partial charge is 0.273 e. The summed E-state index contributed by atoms with van der Waals surface area (Å²) in [5.74, 6) is 0. The lowest BCUT2D eigenvalue weighted by molar-refractivity contribution is -0.385. The number of aryl methyl sites for hydroxylation is 2. The number of fused-ring (bicyclic) bond motifs is 6. The quantitative estimate of drug-likeness (QED) is 0.587. The first-order valence-corrected chi connectivity index (χ1v) is 8.75. The molecule has 4 rings (SSSR count). The van der Waals surface area contributed by atoms with E-state index in [0.29, 0.717) is 30.9 Å². The molecule has 0 fully saturated rings. The third-order valence-electron chi connectivity index (χ3n) is 5.76. The van der Waals surface area contributed by atoms with Crippen LogP contribution >= 0.6 is 0 Å². The van der Waals surface area contributed by atoms with Gasteiger partial charge in [-0.25, -0.2) is 0 Å². The van der Waals surface area contributed by atoms with Crippen molar-refractivity contribution in [3.63, 3.8) is 0 Å². The van der Waals surface area contributed by atoms with Gasteiger partial charge in [-0.2, -0.15) is 0 Å². The van der Waals surface area contributed by atoms with Gasteiger partial charge in [-0.05, 0) is 38.8 Å². The van der Waals surface area contributed by atoms with Gasteiger partial charge in [0.25, 0.3) is 11.4 Å². The molecule has 0 spiro atoms. The van der Waals surface area contributed by atoms with Crippen LogP contribution in [0.3, 0.4) is 0 Å². The van der Waals surface area contributed by atoms with E-state index >= 15 is 0 Å². The van der Waals surface area contributed by atoms with Gasteiger partial charge in [0.2, 0.25) is 0 Å². The standard InChI is InChI=1S/C19H20N4O4/c1-10-5-16(22(24)25)12(3)14-7-21-9-20(18(10)14)8-15-13(4)17(23(26)27)6-11(2)19(15)21/h5-6H,7-9H2,1-4H3. The van der Waals surface area contributed by atoms with Crippen LogP contribution in [0.2, 0.25) is 0 Å². The number of rotatable bonds is 2. The normalized spacial score (nSPS) is 14.7. The van der Waals surface area contributed by atoms with Crippen LogP contribution in [0, 0.1) is 47.9 Å². The van der Waals surface area contributed by atoms with Crippen molar-refractivity contribution in [1.82, 2.24) is 0 Å². The molecule has 0 radical (unpaired) electrons. The third-order valence-corrected chi connectivity index (χ3v) is 5.76. The van der Waals surface area contributed by atoms with E-state index in [1.165, 1.54) is 0 Å². The van der Waals surface area contributed by atoms with Crippen molar-refractivity contribution >= 4 is 22.7 Å². The summed E-state index contributed by atoms with van der Waals surface area (Å²) in [5.41, 5.74) is 7.37. The van der Waals surface area contributed by atoms with Crippen LogP contribution in [0.15, 0.2) is 12.1 Å². The molecule has 140 valence electrons. The Kier molecular flexibility index (Phi) is 3.62. The molecule has 0 aliphatic carbocycles. The Labute approximate surface area is 156 Å². The Morgan fingerprint density at radius 1 is 0.778 bits per heavy atom. The molecule has 2 aromatic rings. The molecule has 0 saturated carbocycles. The summed E-state index contributed by atoms with van der Waals surface area (Å²) in [5, 5.41) is 22.8. The van der Waals surface area contributed by atoms with Crippen molar-refractivity contribution in [3.8, 4) is 0 Å². The van der Waals surface area contributed by atoms with Crippen molar-refractivity contribution in [2.24, 2.45) is 0 Å². The van der Waals surface area contributed by atoms with Crippen LogP contribution in [0.25, 0.3) is 0 Å². The molecule has 2 aliphatic rings. The van der Waals surface area contributed by atoms with Crippen molar-refractivity contribution < 1.29 is 9.85 Å². The zero-order valence-electron chi connectivity index (χ0n) is 15.7. The zero-order valence-corrected chi connectivity index (χ0v) is 15.7. The highest BCUT2D eigenvalue weighted by molar-refractivity contribution is 5.77. The van der Waals surface area contributed by atoms with E-state index in [-0.39, 0.29) is 21.2 Å². The maximum atomic E-state index is 11.4. The molecule has 8 heteroatoms. The van der Waals surface area contributed by atoms with Crippen molar-refractivity contribution in [2.75, 3.05) is 16.5 Å². The lowest BCUT2D eigenvalue weighted by Crippen LogP contribution is -2.47. The number of nitrogens with zero attached hydrogens (tertiary/aromatic N) is 4. The molecule has 2 aromatic carbocycles. The predicted octanol–water partition coefficient (Wildman–Crippen LogP) is 4.03. The molecule has 0 atom stereocenters. The van der Waals surface area contributed by atoms with Gasteiger partial charge in [0.1, 0.15) is 0 Å². The lowest BCUT2D eigenvalue weighted by Gasteiger charge is -2.46. The van der Waals surface area contributed by atoms with Crippen LogP contribution in [0.5, 0.6) is 0 Å². The Morgan fingerprint density at radius 2 is 1.15 bits per heavy atom. The maximum Gasteiger partial charge on any atom is 0.273 e. The molecule has 2 heterocycles. The van der Waals surface area contributed by atoms with Gasteiger partial charge in [0.05, 0.1) is 16.5 Å². The zero-order chi connectivity index (χ0) is 19.6. The first kappa shape index (κ1) is 17.3. The molecule has 2 bridgehead atoms. The van der Waals surface area contributed by atoms with E-state index in [1.807, 2.05) is 13.8 Å². The molecule has 0 saturated heterocycles. The molecule has 27 heavy (non-hydrogen) atoms. The summed E-state index contributed by atoms with van der Waals surface area (Å²) in [6.45, 7) is 9.18. The highest BCUT2D eigenvalue weighted by atomic mass is 16.6. The predicted molar refractivity (Wildman–Crippen MR) is 102 cm³/mol. The second-order valence-electron chi connectivity index (χ2n) is 7.38. The van der Waals surface area contributed by atoms with E-state index in [0.717, 1.165) is 33.6 Å². The fourth-order valence-electron chi connectivity index (χ4n) is 4.54. The summed E-state index contributed by atoms with van der Waals surface area (Å²) < 4.78 is 0. The van der Waals surface area contributed by atoms with Crippen molar-refractivity contribution in [1.29, 1.82) is 0 Å². The molecule has 2 aliphatic heterocycles. The largest absolute Gasteiger partial charge is 0.349 e. The second kappa shape index (κ2) is 5.67. The minimum Gasteiger partial charge on any atom is -0.349 e. The Morgan fingerprint density at radius 3 is 1.48 bits per heavy atom. The van der Waals surface area contributed by atoms with Crippen molar-refractivity contribution in [3.05, 3.63) is 65.7 Å². The number of anilines is 2. The van der Waals surface area contributed by atoms with Gasteiger partial charge in [-0.15, -0.1) is 0 Å². The van der Waals surface area contributed by atoms with Crippen LogP contribution in [0.1, 0.15) is 33.4 Å². The lowest BCUT2D eigenvalue weighted by atomic mass is 9.91. The topological polar surface area (TPSA) is 92.8 Å². The minimum absolute atomic E-state index is 0.144. The van der Waals surface area contributed by atoms with Gasteiger partial charge in [-0.1, -0.05) is 0 Å². The number of hydrogen-bond acceptors (Lipinski definition) is 6. The number of benzene rings is 2. The molecule has 0 amide bonds. The summed E-state index contributed by atoms with van der Waals surface area (Å²) in [6.07, 6.45) is 0. The van der Waals surface area contributed by atoms with Gasteiger partial charge in [0, 0.05) is 58.9 Å². The van der Waals surface area contributed by atoms with Crippen molar-refractivity contribution in [2.45, 2.75) is 40.8 Å². The number of nitro benzene ring substituents is 2. The fraction of sp³-hybridized carbons (Fsp3) is 0.368. The van der Waals surface area contributed by atoms with Gasteiger partial charge in [-0.3, -0.25) is 20.2 Å². The first-order valence-electron chi connectivity index (χ1n) is 8.75. The summed E-state index contributed by atoms with van der Waals surface area (Å²) >= 11 is 0. The maximum absolute atomic E-state index is 11.4. The number of hydrogen-bond donors (Lipinski definition) is 0. The van der Waals surface area contributed by atoms with Gasteiger partial charge >= 0.3 is 0 Å². The Bertz CT molecular complexity index is 950. The fourth-order valence-corrected chi connectivity index (χ4v) is 4.54. The average molecular weight is 368 g/mol. The highest BCUT2D eigenvalue weighted by Gasteiger charge is 2.36. The van der Waals surface area contributed by atoms with E-state index in [4.69, 9.17) is 0 Å². The summed E-state index contributed by atoms with van der Waals surface area (Å²) in [6, 6.07) is 3.26. The van der Waals surface area contributed by atoms with Crippen LogP contribution in [-0.2, 0) is 13.1 Å². The van der Waals surface area contributed by atoms with E-state index in [2.05, 4.69) is 9.80 Å². The molecular formula is C19H20N4O4. The number of nitro groups is 2. The van der Waals surface area contributed by atoms with Crippen LogP contribution in [0.4, 0.5) is 22.7 Å². The third kappa shape index (κ3) is 2.36. The Balaban J connectivity index is 1.92. The van der Waals surface area contributed by atoms with E-state index in [1.54, 1.807) is 26.0 Å². The summed E-state index contributed by atoms with van der Waals surface area (Å²) in [4.78, 5) is 26.5.